The van der Waals surface area contributed by atoms with Crippen LogP contribution in [-0.2, 0) is 4.79 Å². The number of aromatic nitrogens is 1. The fraction of sp³-hybridized carbons (Fsp3) is 0.0800. The monoisotopic (exact) mass is 428 g/mol. The molecule has 0 fully saturated rings. The minimum absolute atomic E-state index is 0.139. The lowest BCUT2D eigenvalue weighted by Crippen LogP contribution is -2.11. The molecule has 31 heavy (non-hydrogen) atoms. The smallest absolute Gasteiger partial charge is 0.307 e. The molecule has 0 atom stereocenters. The van der Waals surface area contributed by atoms with Gasteiger partial charge in [0.15, 0.2) is 0 Å². The Hall–Kier alpha value is -3.77. The first-order valence-corrected chi connectivity index (χ1v) is 10.6. The van der Waals surface area contributed by atoms with Gasteiger partial charge in [-0.25, -0.2) is 4.98 Å². The lowest BCUT2D eigenvalue weighted by Gasteiger charge is -2.07. The van der Waals surface area contributed by atoms with Crippen LogP contribution in [0.5, 0.6) is 0 Å². The number of hydrogen-bond donors (Lipinski definition) is 2. The summed E-state index contributed by atoms with van der Waals surface area (Å²) in [6.45, 7) is 1.97. The third kappa shape index (κ3) is 5.05. The predicted molar refractivity (Wildman–Crippen MR) is 125 cm³/mol. The Bertz CT molecular complexity index is 1260. The molecule has 0 saturated heterocycles. The Morgan fingerprint density at radius 3 is 2.55 bits per heavy atom. The van der Waals surface area contributed by atoms with Crippen molar-refractivity contribution in [1.29, 1.82) is 0 Å². The highest BCUT2D eigenvalue weighted by Crippen LogP contribution is 2.30. The summed E-state index contributed by atoms with van der Waals surface area (Å²) in [5.74, 6) is -1.12. The van der Waals surface area contributed by atoms with Crippen LogP contribution in [0, 0.1) is 6.92 Å². The number of carbonyl (C=O) groups is 2. The van der Waals surface area contributed by atoms with Crippen LogP contribution < -0.4 is 5.32 Å². The molecule has 0 aliphatic heterocycles. The highest BCUT2D eigenvalue weighted by Gasteiger charge is 2.13. The summed E-state index contributed by atoms with van der Waals surface area (Å²) in [6.07, 6.45) is 1.67. The topological polar surface area (TPSA) is 79.3 Å². The van der Waals surface area contributed by atoms with Crippen molar-refractivity contribution < 1.29 is 14.7 Å². The highest BCUT2D eigenvalue weighted by atomic mass is 32.1. The molecule has 0 bridgehead atoms. The fourth-order valence-corrected chi connectivity index (χ4v) is 4.16. The van der Waals surface area contributed by atoms with Gasteiger partial charge in [0, 0.05) is 11.3 Å². The van der Waals surface area contributed by atoms with Gasteiger partial charge in [0.1, 0.15) is 5.01 Å². The van der Waals surface area contributed by atoms with E-state index in [0.29, 0.717) is 21.8 Å². The van der Waals surface area contributed by atoms with Gasteiger partial charge in [0.2, 0.25) is 0 Å². The van der Waals surface area contributed by atoms with Gasteiger partial charge < -0.3 is 10.4 Å². The van der Waals surface area contributed by atoms with E-state index in [1.54, 1.807) is 18.2 Å². The van der Waals surface area contributed by atoms with Gasteiger partial charge in [0.25, 0.3) is 5.91 Å². The Morgan fingerprint density at radius 1 is 1.03 bits per heavy atom. The van der Waals surface area contributed by atoms with Crippen LogP contribution >= 0.6 is 11.3 Å². The molecule has 0 unspecified atom stereocenters. The molecule has 154 valence electrons. The van der Waals surface area contributed by atoms with Crippen LogP contribution in [-0.4, -0.2) is 22.0 Å². The van der Waals surface area contributed by atoms with Crippen LogP contribution in [0.3, 0.4) is 0 Å². The molecule has 0 saturated carbocycles. The number of thiazole rings is 1. The molecule has 0 radical (unpaired) electrons. The van der Waals surface area contributed by atoms with Crippen LogP contribution in [0.25, 0.3) is 21.9 Å². The largest absolute Gasteiger partial charge is 0.481 e. The first kappa shape index (κ1) is 20.5. The van der Waals surface area contributed by atoms with Crippen LogP contribution in [0.15, 0.2) is 72.8 Å². The first-order chi connectivity index (χ1) is 15.0. The van der Waals surface area contributed by atoms with E-state index < -0.39 is 5.97 Å². The number of aliphatic carboxylic acids is 1. The summed E-state index contributed by atoms with van der Waals surface area (Å²) >= 11 is 1.47. The molecule has 6 heteroatoms. The standard InChI is InChI=1S/C25H20N2O3S/c1-16-9-11-18(12-10-16)24(30)26-20-6-4-5-17(14-20)13-19(15-23(28)29)25-27-21-7-2-3-8-22(21)31-25/h2-14H,15H2,1H3,(H,26,30)(H,28,29)/b19-13+. The van der Waals surface area contributed by atoms with E-state index in [0.717, 1.165) is 21.3 Å². The molecule has 0 aliphatic rings. The third-order valence-electron chi connectivity index (χ3n) is 4.71. The molecule has 5 nitrogen and oxygen atoms in total. The van der Waals surface area contributed by atoms with Crippen molar-refractivity contribution >= 4 is 50.8 Å². The number of hydrogen-bond acceptors (Lipinski definition) is 4. The number of carboxylic acid groups (broad SMARTS) is 1. The maximum Gasteiger partial charge on any atom is 0.307 e. The highest BCUT2D eigenvalue weighted by molar-refractivity contribution is 7.19. The van der Waals surface area contributed by atoms with E-state index in [9.17, 15) is 14.7 Å². The number of anilines is 1. The van der Waals surface area contributed by atoms with Crippen molar-refractivity contribution in [3.8, 4) is 0 Å². The summed E-state index contributed by atoms with van der Waals surface area (Å²) in [5, 5.41) is 13.0. The Morgan fingerprint density at radius 2 is 1.81 bits per heavy atom. The van der Waals surface area contributed by atoms with E-state index in [2.05, 4.69) is 10.3 Å². The zero-order chi connectivity index (χ0) is 21.8. The second-order valence-corrected chi connectivity index (χ2v) is 8.20. The summed E-state index contributed by atoms with van der Waals surface area (Å²) in [5.41, 5.74) is 4.56. The Labute approximate surface area is 183 Å². The number of nitrogens with one attached hydrogen (secondary N) is 1. The van der Waals surface area contributed by atoms with Crippen molar-refractivity contribution in [2.24, 2.45) is 0 Å². The minimum Gasteiger partial charge on any atom is -0.481 e. The van der Waals surface area contributed by atoms with E-state index in [4.69, 9.17) is 0 Å². The molecular weight excluding hydrogens is 408 g/mol. The van der Waals surface area contributed by atoms with Crippen LogP contribution in [0.4, 0.5) is 5.69 Å². The molecule has 2 N–H and O–H groups in total. The Kier molecular flexibility index (Phi) is 5.91. The van der Waals surface area contributed by atoms with Crippen molar-refractivity contribution in [2.45, 2.75) is 13.3 Å². The molecule has 1 heterocycles. The summed E-state index contributed by atoms with van der Waals surface area (Å²) in [4.78, 5) is 28.6. The zero-order valence-corrected chi connectivity index (χ0v) is 17.6. The van der Waals surface area contributed by atoms with Gasteiger partial charge in [-0.15, -0.1) is 11.3 Å². The number of carbonyl (C=O) groups excluding carboxylic acids is 1. The molecule has 4 aromatic rings. The first-order valence-electron chi connectivity index (χ1n) is 9.74. The maximum atomic E-state index is 12.5. The Balaban J connectivity index is 1.62. The van der Waals surface area contributed by atoms with Gasteiger partial charge in [-0.3, -0.25) is 9.59 Å². The minimum atomic E-state index is -0.922. The lowest BCUT2D eigenvalue weighted by atomic mass is 10.1. The second-order valence-electron chi connectivity index (χ2n) is 7.17. The number of carboxylic acids is 1. The SMILES string of the molecule is Cc1ccc(C(=O)Nc2cccc(/C=C(\CC(=O)O)c3nc4ccccc4s3)c2)cc1. The summed E-state index contributed by atoms with van der Waals surface area (Å²) in [7, 11) is 0. The van der Waals surface area contributed by atoms with Gasteiger partial charge in [-0.05, 0) is 60.5 Å². The van der Waals surface area contributed by atoms with E-state index in [1.165, 1.54) is 11.3 Å². The van der Waals surface area contributed by atoms with E-state index in [-0.39, 0.29) is 12.3 Å². The van der Waals surface area contributed by atoms with Gasteiger partial charge in [-0.2, -0.15) is 0 Å². The zero-order valence-electron chi connectivity index (χ0n) is 16.8. The van der Waals surface area contributed by atoms with Crippen molar-refractivity contribution in [2.75, 3.05) is 5.32 Å². The normalized spacial score (nSPS) is 11.5. The summed E-state index contributed by atoms with van der Waals surface area (Å²) < 4.78 is 1.01. The number of fused-ring (bicyclic) bond motifs is 1. The number of para-hydroxylation sites is 1. The van der Waals surface area contributed by atoms with Crippen LogP contribution in [0.2, 0.25) is 0 Å². The van der Waals surface area contributed by atoms with E-state index in [1.807, 2.05) is 67.6 Å². The average Bonchev–Trinajstić information content (AvgIpc) is 3.18. The molecular formula is C25H20N2O3S. The molecule has 0 aliphatic carbocycles. The van der Waals surface area contributed by atoms with Gasteiger partial charge in [0.05, 0.1) is 16.6 Å². The third-order valence-corrected chi connectivity index (χ3v) is 5.82. The van der Waals surface area contributed by atoms with E-state index >= 15 is 0 Å². The second kappa shape index (κ2) is 8.93. The number of amides is 1. The van der Waals surface area contributed by atoms with Gasteiger partial charge >= 0.3 is 5.97 Å². The predicted octanol–water partition coefficient (Wildman–Crippen LogP) is 5.87. The number of nitrogens with zero attached hydrogens (tertiary/aromatic N) is 1. The molecule has 4 rings (SSSR count). The van der Waals surface area contributed by atoms with Crippen molar-refractivity contribution in [1.82, 2.24) is 4.98 Å². The molecule has 0 spiro atoms. The average molecular weight is 429 g/mol. The van der Waals surface area contributed by atoms with Crippen LogP contribution in [0.1, 0.15) is 32.9 Å². The van der Waals surface area contributed by atoms with Crippen molar-refractivity contribution in [3.63, 3.8) is 0 Å². The van der Waals surface area contributed by atoms with Crippen molar-refractivity contribution in [3.05, 3.63) is 94.5 Å². The maximum absolute atomic E-state index is 12.5. The molecule has 1 amide bonds. The number of aryl methyl sites for hydroxylation is 1. The quantitative estimate of drug-likeness (QED) is 0.402. The number of benzene rings is 3. The lowest BCUT2D eigenvalue weighted by molar-refractivity contribution is -0.135. The molecule has 1 aromatic heterocycles. The summed E-state index contributed by atoms with van der Waals surface area (Å²) in [6, 6.07) is 22.4. The molecule has 3 aromatic carbocycles. The fourth-order valence-electron chi connectivity index (χ4n) is 3.18. The number of rotatable bonds is 6. The van der Waals surface area contributed by atoms with Gasteiger partial charge in [-0.1, -0.05) is 42.0 Å².